The van der Waals surface area contributed by atoms with Gasteiger partial charge in [-0.05, 0) is 30.2 Å². The molecule has 0 saturated heterocycles. The zero-order valence-electron chi connectivity index (χ0n) is 12.9. The molecule has 0 fully saturated rings. The SMILES string of the molecule is Cc1cccc(Cl)c1S(=O)(=O)NCC1CS(=O)(=O)c2ccccc21. The maximum atomic E-state index is 12.6. The lowest BCUT2D eigenvalue weighted by atomic mass is 10.0. The van der Waals surface area contributed by atoms with Crippen LogP contribution in [-0.4, -0.2) is 29.1 Å². The van der Waals surface area contributed by atoms with Gasteiger partial charge in [0.15, 0.2) is 9.84 Å². The van der Waals surface area contributed by atoms with Crippen LogP contribution in [0.1, 0.15) is 17.0 Å². The second kappa shape index (κ2) is 6.15. The average Bonchev–Trinajstić information content (AvgIpc) is 2.77. The van der Waals surface area contributed by atoms with Gasteiger partial charge in [0, 0.05) is 12.5 Å². The van der Waals surface area contributed by atoms with Crippen molar-refractivity contribution in [2.75, 3.05) is 12.3 Å². The Balaban J connectivity index is 1.87. The average molecular weight is 386 g/mol. The number of sulfone groups is 1. The van der Waals surface area contributed by atoms with E-state index in [1.165, 1.54) is 6.07 Å². The minimum Gasteiger partial charge on any atom is -0.224 e. The molecule has 0 aromatic heterocycles. The van der Waals surface area contributed by atoms with E-state index < -0.39 is 25.8 Å². The van der Waals surface area contributed by atoms with Gasteiger partial charge < -0.3 is 0 Å². The van der Waals surface area contributed by atoms with Gasteiger partial charge in [-0.1, -0.05) is 41.9 Å². The van der Waals surface area contributed by atoms with Gasteiger partial charge in [-0.3, -0.25) is 0 Å². The van der Waals surface area contributed by atoms with Gasteiger partial charge in [0.1, 0.15) is 4.90 Å². The smallest absolute Gasteiger partial charge is 0.224 e. The summed E-state index contributed by atoms with van der Waals surface area (Å²) in [5.41, 5.74) is 1.19. The van der Waals surface area contributed by atoms with Crippen LogP contribution in [0.15, 0.2) is 52.3 Å². The molecule has 0 aliphatic carbocycles. The van der Waals surface area contributed by atoms with E-state index in [2.05, 4.69) is 4.72 Å². The van der Waals surface area contributed by atoms with Crippen molar-refractivity contribution in [3.05, 3.63) is 58.6 Å². The van der Waals surface area contributed by atoms with Crippen LogP contribution in [0, 0.1) is 6.92 Å². The molecule has 24 heavy (non-hydrogen) atoms. The van der Waals surface area contributed by atoms with Crippen molar-refractivity contribution < 1.29 is 16.8 Å². The van der Waals surface area contributed by atoms with Crippen LogP contribution in [0.4, 0.5) is 0 Å². The number of fused-ring (bicyclic) bond motifs is 1. The van der Waals surface area contributed by atoms with Crippen LogP contribution >= 0.6 is 11.6 Å². The molecule has 0 spiro atoms. The van der Waals surface area contributed by atoms with E-state index in [1.807, 2.05) is 0 Å². The Morgan fingerprint density at radius 3 is 2.58 bits per heavy atom. The maximum absolute atomic E-state index is 12.6. The van der Waals surface area contributed by atoms with Gasteiger partial charge in [-0.25, -0.2) is 21.6 Å². The summed E-state index contributed by atoms with van der Waals surface area (Å²) in [6, 6.07) is 11.5. The standard InChI is InChI=1S/C16H16ClNO4S2/c1-11-5-4-7-14(17)16(11)24(21,22)18-9-12-10-23(19,20)15-8-3-2-6-13(12)15/h2-8,12,18H,9-10H2,1H3. The molecule has 2 aromatic rings. The van der Waals surface area contributed by atoms with Gasteiger partial charge in [-0.2, -0.15) is 0 Å². The third kappa shape index (κ3) is 3.09. The first-order valence-electron chi connectivity index (χ1n) is 7.29. The fourth-order valence-corrected chi connectivity index (χ4v) is 6.75. The third-order valence-electron chi connectivity index (χ3n) is 4.07. The molecule has 1 N–H and O–H groups in total. The number of halogens is 1. The number of nitrogens with one attached hydrogen (secondary N) is 1. The van der Waals surface area contributed by atoms with E-state index in [-0.39, 0.29) is 27.1 Å². The number of benzene rings is 2. The second-order valence-corrected chi connectivity index (χ2v) is 9.87. The van der Waals surface area contributed by atoms with Crippen LogP contribution in [0.3, 0.4) is 0 Å². The first-order valence-corrected chi connectivity index (χ1v) is 10.8. The Bertz CT molecular complexity index is 980. The van der Waals surface area contributed by atoms with Crippen molar-refractivity contribution in [1.82, 2.24) is 4.72 Å². The monoisotopic (exact) mass is 385 g/mol. The number of aryl methyl sites for hydroxylation is 1. The third-order valence-corrected chi connectivity index (χ3v) is 8.00. The molecule has 128 valence electrons. The van der Waals surface area contributed by atoms with Crippen LogP contribution in [0.5, 0.6) is 0 Å². The zero-order chi connectivity index (χ0) is 17.5. The molecule has 1 atom stereocenters. The lowest BCUT2D eigenvalue weighted by Gasteiger charge is -2.14. The van der Waals surface area contributed by atoms with Gasteiger partial charge in [0.05, 0.1) is 15.7 Å². The fourth-order valence-electron chi connectivity index (χ4n) is 2.95. The molecule has 1 aliphatic heterocycles. The lowest BCUT2D eigenvalue weighted by molar-refractivity contribution is 0.572. The minimum absolute atomic E-state index is 0.00321. The van der Waals surface area contributed by atoms with E-state index in [4.69, 9.17) is 11.6 Å². The molecular formula is C16H16ClNO4S2. The summed E-state index contributed by atoms with van der Waals surface area (Å²) in [6.07, 6.45) is 0. The van der Waals surface area contributed by atoms with E-state index in [0.717, 1.165) is 0 Å². The molecular weight excluding hydrogens is 370 g/mol. The zero-order valence-corrected chi connectivity index (χ0v) is 15.2. The van der Waals surface area contributed by atoms with Crippen LogP contribution in [0.2, 0.25) is 5.02 Å². The molecule has 3 rings (SSSR count). The van der Waals surface area contributed by atoms with Gasteiger partial charge in [0.25, 0.3) is 0 Å². The van der Waals surface area contributed by atoms with Crippen molar-refractivity contribution in [2.45, 2.75) is 22.6 Å². The molecule has 0 bridgehead atoms. The van der Waals surface area contributed by atoms with Gasteiger partial charge in [-0.15, -0.1) is 0 Å². The van der Waals surface area contributed by atoms with E-state index in [0.29, 0.717) is 11.1 Å². The first-order chi connectivity index (χ1) is 11.2. The highest BCUT2D eigenvalue weighted by atomic mass is 35.5. The molecule has 1 aliphatic rings. The molecule has 2 aromatic carbocycles. The van der Waals surface area contributed by atoms with Gasteiger partial charge in [0.2, 0.25) is 10.0 Å². The van der Waals surface area contributed by atoms with Crippen LogP contribution < -0.4 is 4.72 Å². The highest BCUT2D eigenvalue weighted by Gasteiger charge is 2.35. The second-order valence-electron chi connectivity index (χ2n) is 5.75. The summed E-state index contributed by atoms with van der Waals surface area (Å²) in [5.74, 6) is -0.514. The van der Waals surface area contributed by atoms with Crippen molar-refractivity contribution in [2.24, 2.45) is 0 Å². The number of sulfonamides is 1. The molecule has 0 amide bonds. The van der Waals surface area contributed by atoms with Crippen LogP contribution in [0.25, 0.3) is 0 Å². The number of rotatable bonds is 4. The first kappa shape index (κ1) is 17.4. The topological polar surface area (TPSA) is 80.3 Å². The van der Waals surface area contributed by atoms with Crippen molar-refractivity contribution in [3.63, 3.8) is 0 Å². The molecule has 8 heteroatoms. The number of hydrogen-bond acceptors (Lipinski definition) is 4. The molecule has 1 unspecified atom stereocenters. The normalized spacial score (nSPS) is 19.2. The Kier molecular flexibility index (Phi) is 4.46. The van der Waals surface area contributed by atoms with Crippen molar-refractivity contribution in [1.29, 1.82) is 0 Å². The van der Waals surface area contributed by atoms with Crippen LogP contribution in [-0.2, 0) is 19.9 Å². The summed E-state index contributed by atoms with van der Waals surface area (Å²) >= 11 is 6.02. The van der Waals surface area contributed by atoms with Crippen molar-refractivity contribution >= 4 is 31.5 Å². The summed E-state index contributed by atoms with van der Waals surface area (Å²) < 4.78 is 52.0. The predicted octanol–water partition coefficient (Wildman–Crippen LogP) is 2.50. The van der Waals surface area contributed by atoms with E-state index in [1.54, 1.807) is 43.3 Å². The fraction of sp³-hybridized carbons (Fsp3) is 0.250. The molecule has 1 heterocycles. The molecule has 5 nitrogen and oxygen atoms in total. The predicted molar refractivity (Wildman–Crippen MR) is 92.6 cm³/mol. The Morgan fingerprint density at radius 1 is 1.17 bits per heavy atom. The number of hydrogen-bond donors (Lipinski definition) is 1. The quantitative estimate of drug-likeness (QED) is 0.876. The summed E-state index contributed by atoms with van der Waals surface area (Å²) in [4.78, 5) is 0.309. The molecule has 0 saturated carbocycles. The summed E-state index contributed by atoms with van der Waals surface area (Å²) in [6.45, 7) is 1.67. The minimum atomic E-state index is -3.83. The largest absolute Gasteiger partial charge is 0.242 e. The van der Waals surface area contributed by atoms with E-state index in [9.17, 15) is 16.8 Å². The lowest BCUT2D eigenvalue weighted by Crippen LogP contribution is -2.30. The van der Waals surface area contributed by atoms with Crippen molar-refractivity contribution in [3.8, 4) is 0 Å². The van der Waals surface area contributed by atoms with E-state index >= 15 is 0 Å². The Morgan fingerprint density at radius 2 is 1.88 bits per heavy atom. The highest BCUT2D eigenvalue weighted by molar-refractivity contribution is 7.91. The summed E-state index contributed by atoms with van der Waals surface area (Å²) in [7, 11) is -7.19. The Hall–Kier alpha value is -1.41. The Labute approximate surface area is 146 Å². The molecule has 0 radical (unpaired) electrons. The maximum Gasteiger partial charge on any atom is 0.242 e. The van der Waals surface area contributed by atoms with Gasteiger partial charge >= 0.3 is 0 Å². The highest BCUT2D eigenvalue weighted by Crippen LogP contribution is 2.34. The summed E-state index contributed by atoms with van der Waals surface area (Å²) in [5, 5.41) is 0.141.